The molecule has 0 aliphatic rings. The Labute approximate surface area is 172 Å². The molecule has 0 saturated heterocycles. The molecular formula is C22H17ClFNO4. The molecule has 0 spiro atoms. The van der Waals surface area contributed by atoms with E-state index in [0.29, 0.717) is 11.5 Å². The third kappa shape index (κ3) is 5.33. The number of hydrogen-bond donors (Lipinski definition) is 1. The number of benzene rings is 3. The van der Waals surface area contributed by atoms with Gasteiger partial charge in [-0.15, -0.1) is 0 Å². The molecule has 29 heavy (non-hydrogen) atoms. The summed E-state index contributed by atoms with van der Waals surface area (Å²) in [5.41, 5.74) is 0.393. The lowest BCUT2D eigenvalue weighted by atomic mass is 10.2. The summed E-state index contributed by atoms with van der Waals surface area (Å²) in [5.74, 6) is -0.984. The molecule has 0 bridgehead atoms. The molecule has 0 heterocycles. The van der Waals surface area contributed by atoms with E-state index in [1.165, 1.54) is 13.0 Å². The smallest absolute Gasteiger partial charge is 0.342 e. The van der Waals surface area contributed by atoms with E-state index in [1.807, 2.05) is 18.2 Å². The Morgan fingerprint density at radius 1 is 1.00 bits per heavy atom. The van der Waals surface area contributed by atoms with E-state index in [-0.39, 0.29) is 16.3 Å². The van der Waals surface area contributed by atoms with Gasteiger partial charge in [0.15, 0.2) is 6.10 Å². The number of hydrogen-bond acceptors (Lipinski definition) is 4. The van der Waals surface area contributed by atoms with Gasteiger partial charge < -0.3 is 14.8 Å². The Hall–Kier alpha value is -3.38. The number of ether oxygens (including phenoxy) is 2. The van der Waals surface area contributed by atoms with Gasteiger partial charge in [-0.3, -0.25) is 4.79 Å². The van der Waals surface area contributed by atoms with Crippen LogP contribution in [0.15, 0.2) is 72.8 Å². The van der Waals surface area contributed by atoms with Crippen molar-refractivity contribution in [3.63, 3.8) is 0 Å². The van der Waals surface area contributed by atoms with Crippen LogP contribution in [-0.2, 0) is 9.53 Å². The van der Waals surface area contributed by atoms with Gasteiger partial charge in [-0.05, 0) is 49.4 Å². The number of nitrogens with one attached hydrogen (secondary N) is 1. The monoisotopic (exact) mass is 413 g/mol. The summed E-state index contributed by atoms with van der Waals surface area (Å²) < 4.78 is 24.1. The summed E-state index contributed by atoms with van der Waals surface area (Å²) in [6.45, 7) is 1.42. The Kier molecular flexibility index (Phi) is 6.46. The molecular weight excluding hydrogens is 397 g/mol. The molecule has 3 rings (SSSR count). The first kappa shape index (κ1) is 20.4. The number of carbonyl (C=O) groups excluding carboxylic acids is 2. The number of esters is 1. The summed E-state index contributed by atoms with van der Waals surface area (Å²) in [5, 5.41) is 2.54. The second-order valence-corrected chi connectivity index (χ2v) is 6.48. The molecule has 1 N–H and O–H groups in total. The SMILES string of the molecule is C[C@@H](OC(=O)c1ccccc1Oc1ccccc1)C(=O)Nc1ccc(F)cc1Cl. The summed E-state index contributed by atoms with van der Waals surface area (Å²) in [7, 11) is 0. The first-order valence-electron chi connectivity index (χ1n) is 8.73. The van der Waals surface area contributed by atoms with Crippen LogP contribution in [0, 0.1) is 5.82 Å². The van der Waals surface area contributed by atoms with E-state index in [1.54, 1.807) is 36.4 Å². The van der Waals surface area contributed by atoms with E-state index >= 15 is 0 Å². The number of para-hydroxylation sites is 2. The fourth-order valence-electron chi connectivity index (χ4n) is 2.44. The molecule has 0 aliphatic carbocycles. The molecule has 1 amide bonds. The second-order valence-electron chi connectivity index (χ2n) is 6.07. The van der Waals surface area contributed by atoms with E-state index in [2.05, 4.69) is 5.32 Å². The van der Waals surface area contributed by atoms with E-state index in [9.17, 15) is 14.0 Å². The van der Waals surface area contributed by atoms with Crippen molar-refractivity contribution in [3.8, 4) is 11.5 Å². The van der Waals surface area contributed by atoms with Gasteiger partial charge in [0.05, 0.1) is 10.7 Å². The molecule has 0 aromatic heterocycles. The average Bonchev–Trinajstić information content (AvgIpc) is 2.71. The standard InChI is InChI=1S/C22H17ClFNO4/c1-14(21(26)25-19-12-11-15(24)13-18(19)23)28-22(27)17-9-5-6-10-20(17)29-16-7-3-2-4-8-16/h2-14H,1H3,(H,25,26)/t14-/m1/s1. The molecule has 0 aliphatic heterocycles. The Bertz CT molecular complexity index is 1030. The maximum atomic E-state index is 13.1. The third-order valence-electron chi connectivity index (χ3n) is 3.92. The fraction of sp³-hybridized carbons (Fsp3) is 0.0909. The second kappa shape index (κ2) is 9.21. The van der Waals surface area contributed by atoms with Crippen LogP contribution < -0.4 is 10.1 Å². The normalized spacial score (nSPS) is 11.4. The number of halogens is 2. The van der Waals surface area contributed by atoms with Gasteiger partial charge in [0.2, 0.25) is 0 Å². The minimum absolute atomic E-state index is 0.0403. The van der Waals surface area contributed by atoms with Gasteiger partial charge in [-0.1, -0.05) is 41.9 Å². The average molecular weight is 414 g/mol. The molecule has 0 unspecified atom stereocenters. The number of anilines is 1. The van der Waals surface area contributed by atoms with Crippen LogP contribution in [0.5, 0.6) is 11.5 Å². The van der Waals surface area contributed by atoms with Crippen LogP contribution in [0.4, 0.5) is 10.1 Å². The van der Waals surface area contributed by atoms with Crippen LogP contribution in [0.1, 0.15) is 17.3 Å². The van der Waals surface area contributed by atoms with E-state index < -0.39 is 23.8 Å². The third-order valence-corrected chi connectivity index (χ3v) is 4.23. The van der Waals surface area contributed by atoms with Crippen LogP contribution in [0.2, 0.25) is 5.02 Å². The van der Waals surface area contributed by atoms with Crippen molar-refractivity contribution in [1.82, 2.24) is 0 Å². The minimum atomic E-state index is -1.12. The predicted octanol–water partition coefficient (Wildman–Crippen LogP) is 5.46. The van der Waals surface area contributed by atoms with Gasteiger partial charge in [0.1, 0.15) is 22.9 Å². The highest BCUT2D eigenvalue weighted by molar-refractivity contribution is 6.33. The van der Waals surface area contributed by atoms with Gasteiger partial charge in [-0.25, -0.2) is 9.18 Å². The zero-order valence-electron chi connectivity index (χ0n) is 15.4. The molecule has 7 heteroatoms. The van der Waals surface area contributed by atoms with Gasteiger partial charge in [0, 0.05) is 0 Å². The maximum absolute atomic E-state index is 13.1. The molecule has 148 valence electrons. The Morgan fingerprint density at radius 3 is 2.41 bits per heavy atom. The lowest BCUT2D eigenvalue weighted by Crippen LogP contribution is -2.30. The van der Waals surface area contributed by atoms with E-state index in [0.717, 1.165) is 12.1 Å². The number of carbonyl (C=O) groups is 2. The molecule has 0 saturated carbocycles. The van der Waals surface area contributed by atoms with Crippen molar-refractivity contribution in [2.45, 2.75) is 13.0 Å². The van der Waals surface area contributed by atoms with Crippen molar-refractivity contribution in [2.75, 3.05) is 5.32 Å². The van der Waals surface area contributed by atoms with Crippen LogP contribution >= 0.6 is 11.6 Å². The lowest BCUT2D eigenvalue weighted by Gasteiger charge is -2.16. The van der Waals surface area contributed by atoms with Crippen molar-refractivity contribution in [1.29, 1.82) is 0 Å². The highest BCUT2D eigenvalue weighted by Crippen LogP contribution is 2.26. The fourth-order valence-corrected chi connectivity index (χ4v) is 2.66. The quantitative estimate of drug-likeness (QED) is 0.545. The largest absolute Gasteiger partial charge is 0.456 e. The molecule has 3 aromatic carbocycles. The van der Waals surface area contributed by atoms with Crippen molar-refractivity contribution in [2.24, 2.45) is 0 Å². The van der Waals surface area contributed by atoms with Crippen LogP contribution in [0.25, 0.3) is 0 Å². The molecule has 0 fully saturated rings. The summed E-state index contributed by atoms with van der Waals surface area (Å²) >= 11 is 5.90. The first-order valence-corrected chi connectivity index (χ1v) is 9.10. The molecule has 0 radical (unpaired) electrons. The minimum Gasteiger partial charge on any atom is -0.456 e. The van der Waals surface area contributed by atoms with Crippen LogP contribution in [0.3, 0.4) is 0 Å². The predicted molar refractivity (Wildman–Crippen MR) is 108 cm³/mol. The maximum Gasteiger partial charge on any atom is 0.342 e. The molecule has 1 atom stereocenters. The van der Waals surface area contributed by atoms with E-state index in [4.69, 9.17) is 21.1 Å². The van der Waals surface area contributed by atoms with Gasteiger partial charge in [-0.2, -0.15) is 0 Å². The summed E-state index contributed by atoms with van der Waals surface area (Å²) in [6, 6.07) is 19.1. The zero-order chi connectivity index (χ0) is 20.8. The lowest BCUT2D eigenvalue weighted by molar-refractivity contribution is -0.123. The van der Waals surface area contributed by atoms with Crippen LogP contribution in [-0.4, -0.2) is 18.0 Å². The first-order chi connectivity index (χ1) is 13.9. The summed E-state index contributed by atoms with van der Waals surface area (Å²) in [4.78, 5) is 24.9. The highest BCUT2D eigenvalue weighted by atomic mass is 35.5. The Morgan fingerprint density at radius 2 is 1.69 bits per heavy atom. The summed E-state index contributed by atoms with van der Waals surface area (Å²) in [6.07, 6.45) is -1.12. The zero-order valence-corrected chi connectivity index (χ0v) is 16.2. The van der Waals surface area contributed by atoms with Crippen molar-refractivity contribution < 1.29 is 23.5 Å². The molecule has 3 aromatic rings. The number of amides is 1. The topological polar surface area (TPSA) is 64.6 Å². The highest BCUT2D eigenvalue weighted by Gasteiger charge is 2.22. The van der Waals surface area contributed by atoms with Gasteiger partial charge in [0.25, 0.3) is 5.91 Å². The Balaban J connectivity index is 1.69. The molecule has 5 nitrogen and oxygen atoms in total. The van der Waals surface area contributed by atoms with Crippen molar-refractivity contribution in [3.05, 3.63) is 89.2 Å². The van der Waals surface area contributed by atoms with Gasteiger partial charge >= 0.3 is 5.97 Å². The van der Waals surface area contributed by atoms with Crippen molar-refractivity contribution >= 4 is 29.2 Å². The number of rotatable bonds is 6.